The van der Waals surface area contributed by atoms with Crippen LogP contribution in [0.4, 0.5) is 13.2 Å². The number of carbonyl (C=O) groups excluding carboxylic acids is 1. The fourth-order valence-corrected chi connectivity index (χ4v) is 2.71. The van der Waals surface area contributed by atoms with Crippen LogP contribution in [0.25, 0.3) is 6.08 Å². The van der Waals surface area contributed by atoms with Crippen LogP contribution in [-0.2, 0) is 11.0 Å². The highest BCUT2D eigenvalue weighted by molar-refractivity contribution is 5.92. The Morgan fingerprint density at radius 1 is 0.893 bits per heavy atom. The Balaban J connectivity index is 1.74. The summed E-state index contributed by atoms with van der Waals surface area (Å²) in [6, 6.07) is 17.4. The van der Waals surface area contributed by atoms with Crippen molar-refractivity contribution >= 4 is 12.0 Å². The Morgan fingerprint density at radius 2 is 1.50 bits per heavy atom. The SMILES string of the molecule is O=C(/C=C/c1ccc(C(F)(F)F)cc1)NC(c1ccccc1)c1ccncc1. The number of nitrogens with one attached hydrogen (secondary N) is 1. The predicted molar refractivity (Wildman–Crippen MR) is 101 cm³/mol. The number of rotatable bonds is 5. The lowest BCUT2D eigenvalue weighted by Crippen LogP contribution is -2.27. The van der Waals surface area contributed by atoms with Crippen molar-refractivity contribution in [3.8, 4) is 0 Å². The lowest BCUT2D eigenvalue weighted by molar-refractivity contribution is -0.137. The Kier molecular flexibility index (Phi) is 5.89. The van der Waals surface area contributed by atoms with E-state index in [1.807, 2.05) is 42.5 Å². The first-order valence-electron chi connectivity index (χ1n) is 8.54. The van der Waals surface area contributed by atoms with E-state index in [4.69, 9.17) is 0 Å². The van der Waals surface area contributed by atoms with Crippen molar-refractivity contribution in [2.45, 2.75) is 12.2 Å². The number of amides is 1. The van der Waals surface area contributed by atoms with Crippen LogP contribution in [0.1, 0.15) is 28.3 Å². The molecule has 28 heavy (non-hydrogen) atoms. The number of pyridine rings is 1. The molecule has 0 bridgehead atoms. The van der Waals surface area contributed by atoms with Crippen molar-refractivity contribution in [3.63, 3.8) is 0 Å². The van der Waals surface area contributed by atoms with E-state index in [9.17, 15) is 18.0 Å². The summed E-state index contributed by atoms with van der Waals surface area (Å²) in [5, 5.41) is 2.92. The first kappa shape index (κ1) is 19.4. The molecule has 3 rings (SSSR count). The summed E-state index contributed by atoms with van der Waals surface area (Å²) >= 11 is 0. The number of carbonyl (C=O) groups is 1. The van der Waals surface area contributed by atoms with Gasteiger partial charge in [0.25, 0.3) is 0 Å². The molecule has 0 radical (unpaired) electrons. The zero-order valence-electron chi connectivity index (χ0n) is 14.7. The number of aromatic nitrogens is 1. The van der Waals surface area contributed by atoms with E-state index in [-0.39, 0.29) is 11.9 Å². The molecule has 0 saturated heterocycles. The molecule has 3 aromatic rings. The first-order valence-corrected chi connectivity index (χ1v) is 8.54. The summed E-state index contributed by atoms with van der Waals surface area (Å²) in [6.07, 6.45) is 1.70. The van der Waals surface area contributed by atoms with Gasteiger partial charge in [-0.05, 0) is 47.0 Å². The number of benzene rings is 2. The summed E-state index contributed by atoms with van der Waals surface area (Å²) in [5.41, 5.74) is 1.56. The summed E-state index contributed by atoms with van der Waals surface area (Å²) in [7, 11) is 0. The third-order valence-electron chi connectivity index (χ3n) is 4.12. The van der Waals surface area contributed by atoms with Crippen LogP contribution >= 0.6 is 0 Å². The van der Waals surface area contributed by atoms with Gasteiger partial charge in [0.2, 0.25) is 5.91 Å². The molecular weight excluding hydrogens is 365 g/mol. The highest BCUT2D eigenvalue weighted by Gasteiger charge is 2.29. The zero-order valence-corrected chi connectivity index (χ0v) is 14.7. The van der Waals surface area contributed by atoms with Gasteiger partial charge >= 0.3 is 6.18 Å². The maximum Gasteiger partial charge on any atom is 0.416 e. The van der Waals surface area contributed by atoms with Crippen molar-refractivity contribution in [2.24, 2.45) is 0 Å². The van der Waals surface area contributed by atoms with Gasteiger partial charge in [-0.3, -0.25) is 9.78 Å². The van der Waals surface area contributed by atoms with Crippen LogP contribution < -0.4 is 5.32 Å². The number of nitrogens with zero attached hydrogens (tertiary/aromatic N) is 1. The monoisotopic (exact) mass is 382 g/mol. The molecule has 1 unspecified atom stereocenters. The largest absolute Gasteiger partial charge is 0.416 e. The predicted octanol–water partition coefficient (Wildman–Crippen LogP) is 5.02. The Bertz CT molecular complexity index is 898. The van der Waals surface area contributed by atoms with Gasteiger partial charge in [-0.1, -0.05) is 42.5 Å². The highest BCUT2D eigenvalue weighted by Crippen LogP contribution is 2.29. The van der Waals surface area contributed by atoms with Crippen LogP contribution in [0.2, 0.25) is 0 Å². The van der Waals surface area contributed by atoms with E-state index in [1.165, 1.54) is 24.3 Å². The topological polar surface area (TPSA) is 42.0 Å². The van der Waals surface area contributed by atoms with Crippen LogP contribution in [0.3, 0.4) is 0 Å². The van der Waals surface area contributed by atoms with Crippen molar-refractivity contribution < 1.29 is 18.0 Å². The molecule has 0 fully saturated rings. The summed E-state index contributed by atoms with van der Waals surface area (Å²) in [5.74, 6) is -0.356. The molecule has 2 aromatic carbocycles. The molecule has 1 heterocycles. The molecule has 1 atom stereocenters. The van der Waals surface area contributed by atoms with Crippen LogP contribution in [0, 0.1) is 0 Å². The maximum absolute atomic E-state index is 12.6. The highest BCUT2D eigenvalue weighted by atomic mass is 19.4. The van der Waals surface area contributed by atoms with Gasteiger partial charge in [-0.15, -0.1) is 0 Å². The minimum Gasteiger partial charge on any atom is -0.342 e. The molecule has 142 valence electrons. The number of halogens is 3. The molecule has 1 aromatic heterocycles. The second-order valence-corrected chi connectivity index (χ2v) is 6.09. The van der Waals surface area contributed by atoms with E-state index >= 15 is 0 Å². The number of hydrogen-bond donors (Lipinski definition) is 1. The molecule has 1 N–H and O–H groups in total. The van der Waals surface area contributed by atoms with E-state index in [1.54, 1.807) is 12.4 Å². The van der Waals surface area contributed by atoms with Gasteiger partial charge < -0.3 is 5.32 Å². The minimum absolute atomic E-state index is 0.356. The smallest absolute Gasteiger partial charge is 0.342 e. The molecule has 3 nitrogen and oxygen atoms in total. The van der Waals surface area contributed by atoms with Crippen molar-refractivity contribution in [2.75, 3.05) is 0 Å². The maximum atomic E-state index is 12.6. The second-order valence-electron chi connectivity index (χ2n) is 6.09. The Hall–Kier alpha value is -3.41. The summed E-state index contributed by atoms with van der Waals surface area (Å²) in [6.45, 7) is 0. The fraction of sp³-hybridized carbons (Fsp3) is 0.0909. The fourth-order valence-electron chi connectivity index (χ4n) is 2.71. The minimum atomic E-state index is -4.38. The standard InChI is InChI=1S/C22H17F3N2O/c23-22(24,25)19-9-6-16(7-10-19)8-11-20(28)27-21(17-4-2-1-3-5-17)18-12-14-26-15-13-18/h1-15,21H,(H,27,28)/b11-8+. The lowest BCUT2D eigenvalue weighted by atomic mass is 9.99. The van der Waals surface area contributed by atoms with Crippen LogP contribution in [-0.4, -0.2) is 10.9 Å². The Morgan fingerprint density at radius 3 is 2.11 bits per heavy atom. The third kappa shape index (κ3) is 5.07. The van der Waals surface area contributed by atoms with Crippen LogP contribution in [0.15, 0.2) is 85.2 Å². The first-order chi connectivity index (χ1) is 13.4. The molecule has 6 heteroatoms. The third-order valence-corrected chi connectivity index (χ3v) is 4.12. The average Bonchev–Trinajstić information content (AvgIpc) is 2.71. The number of hydrogen-bond acceptors (Lipinski definition) is 2. The molecule has 0 aliphatic carbocycles. The van der Waals surface area contributed by atoms with Gasteiger partial charge in [0.1, 0.15) is 0 Å². The average molecular weight is 382 g/mol. The van der Waals surface area contributed by atoms with E-state index in [0.717, 1.165) is 23.3 Å². The normalized spacial score (nSPS) is 12.7. The summed E-state index contributed by atoms with van der Waals surface area (Å²) < 4.78 is 37.8. The molecule has 0 saturated carbocycles. The lowest BCUT2D eigenvalue weighted by Gasteiger charge is -2.18. The molecule has 0 aliphatic heterocycles. The Labute approximate surface area is 160 Å². The van der Waals surface area contributed by atoms with Gasteiger partial charge in [-0.25, -0.2) is 0 Å². The van der Waals surface area contributed by atoms with Gasteiger partial charge in [0.15, 0.2) is 0 Å². The van der Waals surface area contributed by atoms with Crippen molar-refractivity contribution in [1.82, 2.24) is 10.3 Å². The van der Waals surface area contributed by atoms with Crippen molar-refractivity contribution in [1.29, 1.82) is 0 Å². The van der Waals surface area contributed by atoms with Gasteiger partial charge in [-0.2, -0.15) is 13.2 Å². The summed E-state index contributed by atoms with van der Waals surface area (Å²) in [4.78, 5) is 16.4. The van der Waals surface area contributed by atoms with Crippen molar-refractivity contribution in [3.05, 3.63) is 107 Å². The molecule has 0 aliphatic rings. The van der Waals surface area contributed by atoms with Gasteiger partial charge in [0, 0.05) is 18.5 Å². The number of alkyl halides is 3. The van der Waals surface area contributed by atoms with E-state index in [0.29, 0.717) is 5.56 Å². The van der Waals surface area contributed by atoms with E-state index in [2.05, 4.69) is 10.3 Å². The quantitative estimate of drug-likeness (QED) is 0.630. The molecule has 1 amide bonds. The zero-order chi connectivity index (χ0) is 20.0. The molecular formula is C22H17F3N2O. The van der Waals surface area contributed by atoms with Crippen LogP contribution in [0.5, 0.6) is 0 Å². The molecule has 0 spiro atoms. The van der Waals surface area contributed by atoms with E-state index < -0.39 is 11.7 Å². The second kappa shape index (κ2) is 8.52. The van der Waals surface area contributed by atoms with Gasteiger partial charge in [0.05, 0.1) is 11.6 Å².